The van der Waals surface area contributed by atoms with Crippen LogP contribution in [0.5, 0.6) is 57.5 Å². The van der Waals surface area contributed by atoms with Crippen LogP contribution < -0.4 is 9.47 Å². The fourth-order valence-electron chi connectivity index (χ4n) is 9.16. The van der Waals surface area contributed by atoms with Crippen molar-refractivity contribution in [3.8, 4) is 57.5 Å². The van der Waals surface area contributed by atoms with E-state index in [0.717, 1.165) is 5.56 Å². The van der Waals surface area contributed by atoms with Crippen LogP contribution >= 0.6 is 0 Å². The maximum Gasteiger partial charge on any atom is 0.135 e. The molecule has 8 N–H and O–H groups in total. The highest BCUT2D eigenvalue weighted by Crippen LogP contribution is 2.61. The number of benzene rings is 7. The number of hydrogen-bond acceptors (Lipinski definition) is 11. The SMILES string of the molecule is Oc1ccc(C2=CC(c3cc(O)cc4c3C(c3cc(O)cc5c3C(c3cc(O)cc(O)c3)C(c3ccc(O)cc3)O5)C(c3ccc(O)cc3)O4)C(c3ccc(O)cc3)O2)cc1. The number of phenols is 8. The molecule has 304 valence electrons. The molecule has 0 amide bonds. The van der Waals surface area contributed by atoms with Gasteiger partial charge in [0.1, 0.15) is 81.6 Å². The monoisotopic (exact) mass is 814 g/mol. The van der Waals surface area contributed by atoms with Crippen molar-refractivity contribution in [2.24, 2.45) is 0 Å². The van der Waals surface area contributed by atoms with Crippen molar-refractivity contribution in [3.05, 3.63) is 196 Å². The lowest BCUT2D eigenvalue weighted by Gasteiger charge is -2.28. The van der Waals surface area contributed by atoms with Crippen LogP contribution in [0.2, 0.25) is 0 Å². The molecule has 11 nitrogen and oxygen atoms in total. The Labute approximate surface area is 349 Å². The molecule has 3 aliphatic heterocycles. The Hall–Kier alpha value is -7.92. The van der Waals surface area contributed by atoms with Gasteiger partial charge in [0.15, 0.2) is 0 Å². The summed E-state index contributed by atoms with van der Waals surface area (Å²) in [5, 5.41) is 85.6. The molecule has 7 aromatic carbocycles. The van der Waals surface area contributed by atoms with Crippen molar-refractivity contribution < 1.29 is 55.1 Å². The summed E-state index contributed by atoms with van der Waals surface area (Å²) in [5.74, 6) is -0.959. The highest BCUT2D eigenvalue weighted by molar-refractivity contribution is 5.69. The Morgan fingerprint density at radius 2 is 0.738 bits per heavy atom. The first kappa shape index (κ1) is 37.4. The first-order valence-corrected chi connectivity index (χ1v) is 19.6. The average Bonchev–Trinajstić information content (AvgIpc) is 3.95. The van der Waals surface area contributed by atoms with E-state index in [1.807, 2.05) is 6.08 Å². The lowest BCUT2D eigenvalue weighted by molar-refractivity contribution is 0.178. The van der Waals surface area contributed by atoms with Crippen LogP contribution in [0.25, 0.3) is 5.76 Å². The number of hydrogen-bond donors (Lipinski definition) is 8. The van der Waals surface area contributed by atoms with Crippen molar-refractivity contribution in [2.45, 2.75) is 36.1 Å². The van der Waals surface area contributed by atoms with E-state index >= 15 is 0 Å². The standard InChI is InChI=1S/C50H38O11/c51-30-9-1-25(2-10-30)41-24-39(48(59-41)26-3-11-31(52)12-4-26)38-20-36(57)22-42-45(38)47(50(61-42)28-7-15-33(54)16-8-28)40-21-37(58)23-43-46(40)44(29-17-34(55)19-35(56)18-29)49(60-43)27-5-13-32(53)14-6-27/h1-24,39,44,47-58H. The summed E-state index contributed by atoms with van der Waals surface area (Å²) in [6.45, 7) is 0. The molecular weight excluding hydrogens is 777 g/mol. The van der Waals surface area contributed by atoms with Crippen LogP contribution in [0, 0.1) is 0 Å². The van der Waals surface area contributed by atoms with Gasteiger partial charge in [0.25, 0.3) is 0 Å². The van der Waals surface area contributed by atoms with Gasteiger partial charge in [-0.25, -0.2) is 0 Å². The predicted octanol–water partition coefficient (Wildman–Crippen LogP) is 9.76. The van der Waals surface area contributed by atoms with Crippen molar-refractivity contribution in [2.75, 3.05) is 0 Å². The maximum absolute atomic E-state index is 11.6. The molecule has 3 heterocycles. The summed E-state index contributed by atoms with van der Waals surface area (Å²) < 4.78 is 20.3. The van der Waals surface area contributed by atoms with Crippen LogP contribution in [0.15, 0.2) is 146 Å². The highest BCUT2D eigenvalue weighted by Gasteiger charge is 2.48. The van der Waals surface area contributed by atoms with Gasteiger partial charge < -0.3 is 55.1 Å². The van der Waals surface area contributed by atoms with E-state index in [-0.39, 0.29) is 46.0 Å². The molecule has 61 heavy (non-hydrogen) atoms. The largest absolute Gasteiger partial charge is 0.508 e. The van der Waals surface area contributed by atoms with Gasteiger partial charge in [0, 0.05) is 40.8 Å². The van der Waals surface area contributed by atoms with Gasteiger partial charge in [-0.2, -0.15) is 0 Å². The van der Waals surface area contributed by atoms with E-state index < -0.39 is 36.1 Å². The minimum Gasteiger partial charge on any atom is -0.508 e. The number of ether oxygens (including phenoxy) is 3. The molecule has 3 aliphatic rings. The van der Waals surface area contributed by atoms with Crippen LogP contribution in [0.1, 0.15) is 86.1 Å². The first-order chi connectivity index (χ1) is 29.5. The molecule has 10 rings (SSSR count). The van der Waals surface area contributed by atoms with E-state index in [2.05, 4.69) is 0 Å². The molecule has 0 fully saturated rings. The molecule has 0 saturated carbocycles. The van der Waals surface area contributed by atoms with Gasteiger partial charge in [-0.05, 0) is 124 Å². The number of aromatic hydroxyl groups is 8. The smallest absolute Gasteiger partial charge is 0.135 e. The summed E-state index contributed by atoms with van der Waals surface area (Å²) >= 11 is 0. The topological polar surface area (TPSA) is 190 Å². The molecule has 0 radical (unpaired) electrons. The summed E-state index contributed by atoms with van der Waals surface area (Å²) in [6, 6.07) is 37.3. The van der Waals surface area contributed by atoms with Gasteiger partial charge in [-0.1, -0.05) is 36.4 Å². The van der Waals surface area contributed by atoms with Crippen LogP contribution in [0.4, 0.5) is 0 Å². The van der Waals surface area contributed by atoms with E-state index in [0.29, 0.717) is 61.8 Å². The summed E-state index contributed by atoms with van der Waals surface area (Å²) in [7, 11) is 0. The van der Waals surface area contributed by atoms with Crippen LogP contribution in [-0.2, 0) is 4.74 Å². The summed E-state index contributed by atoms with van der Waals surface area (Å²) in [4.78, 5) is 0. The fourth-order valence-corrected chi connectivity index (χ4v) is 9.16. The van der Waals surface area contributed by atoms with Gasteiger partial charge in [-0.3, -0.25) is 0 Å². The van der Waals surface area contributed by atoms with Gasteiger partial charge in [-0.15, -0.1) is 0 Å². The molecule has 11 heteroatoms. The second-order valence-corrected chi connectivity index (χ2v) is 15.6. The molecule has 6 atom stereocenters. The molecule has 0 aromatic heterocycles. The summed E-state index contributed by atoms with van der Waals surface area (Å²) in [5.41, 5.74) is 5.88. The quantitative estimate of drug-likeness (QED) is 0.0765. The molecule has 0 saturated heterocycles. The van der Waals surface area contributed by atoms with E-state index in [4.69, 9.17) is 14.2 Å². The highest BCUT2D eigenvalue weighted by atomic mass is 16.5. The molecule has 7 aromatic rings. The molecule has 6 unspecified atom stereocenters. The van der Waals surface area contributed by atoms with Gasteiger partial charge in [0.05, 0.1) is 11.8 Å². The number of phenolic OH excluding ortho intramolecular Hbond substituents is 8. The molecule has 0 bridgehead atoms. The van der Waals surface area contributed by atoms with Crippen LogP contribution in [0.3, 0.4) is 0 Å². The van der Waals surface area contributed by atoms with E-state index in [1.165, 1.54) is 12.1 Å². The third-order valence-corrected chi connectivity index (χ3v) is 11.8. The Kier molecular flexibility index (Phi) is 8.83. The van der Waals surface area contributed by atoms with Crippen LogP contribution in [-0.4, -0.2) is 40.9 Å². The molecule has 0 spiro atoms. The lowest BCUT2D eigenvalue weighted by atomic mass is 9.74. The maximum atomic E-state index is 11.6. The Bertz CT molecular complexity index is 2810. The van der Waals surface area contributed by atoms with E-state index in [9.17, 15) is 40.9 Å². The van der Waals surface area contributed by atoms with Crippen molar-refractivity contribution in [1.82, 2.24) is 0 Å². The zero-order valence-corrected chi connectivity index (χ0v) is 32.1. The fraction of sp³-hybridized carbons (Fsp3) is 0.120. The zero-order chi connectivity index (χ0) is 42.1. The first-order valence-electron chi connectivity index (χ1n) is 19.6. The second kappa shape index (κ2) is 14.4. The molecular formula is C50H38O11. The van der Waals surface area contributed by atoms with Crippen molar-refractivity contribution in [1.29, 1.82) is 0 Å². The number of fused-ring (bicyclic) bond motifs is 2. The minimum atomic E-state index is -0.789. The second-order valence-electron chi connectivity index (χ2n) is 15.6. The van der Waals surface area contributed by atoms with Gasteiger partial charge in [0.2, 0.25) is 0 Å². The normalized spacial score (nSPS) is 21.1. The predicted molar refractivity (Wildman–Crippen MR) is 223 cm³/mol. The van der Waals surface area contributed by atoms with Crippen molar-refractivity contribution in [3.63, 3.8) is 0 Å². The third-order valence-electron chi connectivity index (χ3n) is 11.8. The van der Waals surface area contributed by atoms with Gasteiger partial charge >= 0.3 is 0 Å². The lowest BCUT2D eigenvalue weighted by Crippen LogP contribution is -2.17. The van der Waals surface area contributed by atoms with Crippen molar-refractivity contribution >= 4 is 5.76 Å². The summed E-state index contributed by atoms with van der Waals surface area (Å²) in [6.07, 6.45) is -0.241. The molecule has 0 aliphatic carbocycles. The Morgan fingerprint density at radius 3 is 1.25 bits per heavy atom. The zero-order valence-electron chi connectivity index (χ0n) is 32.1. The average molecular weight is 815 g/mol. The third kappa shape index (κ3) is 6.66. The Morgan fingerprint density at radius 1 is 0.328 bits per heavy atom. The minimum absolute atomic E-state index is 0.0491. The number of rotatable bonds is 7. The Balaban J connectivity index is 1.22. The van der Waals surface area contributed by atoms with E-state index in [1.54, 1.807) is 127 Å².